The molecule has 1 aromatic rings. The third-order valence-corrected chi connectivity index (χ3v) is 4.78. The number of piperidine rings is 1. The number of benzene rings is 1. The normalized spacial score (nSPS) is 22.9. The molecular weight excluding hydrogens is 377 g/mol. The molecule has 2 saturated heterocycles. The molecule has 1 aromatic carbocycles. The van der Waals surface area contributed by atoms with E-state index in [9.17, 15) is 22.8 Å². The van der Waals surface area contributed by atoms with Crippen LogP contribution < -0.4 is 9.64 Å². The number of halogens is 3. The maximum absolute atomic E-state index is 12.9. The molecule has 2 aliphatic rings. The van der Waals surface area contributed by atoms with Crippen molar-refractivity contribution < 1.29 is 32.2 Å². The Hall–Kier alpha value is -2.45. The van der Waals surface area contributed by atoms with Crippen LogP contribution in [0.3, 0.4) is 0 Å². The third kappa shape index (κ3) is 4.69. The highest BCUT2D eigenvalue weighted by molar-refractivity contribution is 5.96. The molecule has 0 aliphatic carbocycles. The fourth-order valence-electron chi connectivity index (χ4n) is 3.61. The van der Waals surface area contributed by atoms with Gasteiger partial charge in [-0.15, -0.1) is 13.2 Å². The van der Waals surface area contributed by atoms with Crippen LogP contribution in [0.15, 0.2) is 24.3 Å². The number of ether oxygens (including phenoxy) is 2. The predicted octanol–water partition coefficient (Wildman–Crippen LogP) is 3.81. The molecule has 0 aromatic heterocycles. The molecule has 0 bridgehead atoms. The Morgan fingerprint density at radius 3 is 2.32 bits per heavy atom. The Kier molecular flexibility index (Phi) is 5.20. The van der Waals surface area contributed by atoms with E-state index in [-0.39, 0.29) is 30.0 Å². The quantitative estimate of drug-likeness (QED) is 0.758. The number of alkyl halides is 3. The Labute approximate surface area is 161 Å². The van der Waals surface area contributed by atoms with Crippen LogP contribution in [0.4, 0.5) is 23.7 Å². The average Bonchev–Trinajstić information content (AvgIpc) is 2.99. The van der Waals surface area contributed by atoms with Gasteiger partial charge < -0.3 is 19.3 Å². The zero-order valence-corrected chi connectivity index (χ0v) is 16.0. The van der Waals surface area contributed by atoms with Crippen molar-refractivity contribution in [2.24, 2.45) is 11.8 Å². The van der Waals surface area contributed by atoms with Gasteiger partial charge in [0.25, 0.3) is 0 Å². The van der Waals surface area contributed by atoms with Crippen LogP contribution in [0, 0.1) is 11.8 Å². The monoisotopic (exact) mass is 400 g/mol. The summed E-state index contributed by atoms with van der Waals surface area (Å²) in [5, 5.41) is 0. The largest absolute Gasteiger partial charge is 0.573 e. The predicted molar refractivity (Wildman–Crippen MR) is 94.9 cm³/mol. The first kappa shape index (κ1) is 20.3. The molecule has 0 radical (unpaired) electrons. The van der Waals surface area contributed by atoms with Gasteiger partial charge >= 0.3 is 12.5 Å². The number of carbonyl (C=O) groups is 2. The van der Waals surface area contributed by atoms with Crippen LogP contribution in [-0.4, -0.2) is 48.5 Å². The number of anilines is 1. The molecular formula is C19H23F3N2O4. The highest BCUT2D eigenvalue weighted by Gasteiger charge is 2.45. The SMILES string of the molecule is CC(C)(C)OC(=O)N1C[C@H]2CCN(c3ccc(OC(F)(F)F)cc3)C(=O)[C@H]2C1. The van der Waals surface area contributed by atoms with Gasteiger partial charge in [0, 0.05) is 25.3 Å². The van der Waals surface area contributed by atoms with Crippen molar-refractivity contribution in [1.82, 2.24) is 4.90 Å². The molecule has 6 nitrogen and oxygen atoms in total. The lowest BCUT2D eigenvalue weighted by atomic mass is 9.87. The van der Waals surface area contributed by atoms with Gasteiger partial charge in [0.15, 0.2) is 0 Å². The Bertz CT molecular complexity index is 743. The molecule has 2 fully saturated rings. The molecule has 0 saturated carbocycles. The van der Waals surface area contributed by atoms with E-state index in [0.29, 0.717) is 25.2 Å². The van der Waals surface area contributed by atoms with E-state index >= 15 is 0 Å². The Balaban J connectivity index is 1.66. The van der Waals surface area contributed by atoms with Gasteiger partial charge in [-0.3, -0.25) is 4.79 Å². The summed E-state index contributed by atoms with van der Waals surface area (Å²) < 4.78 is 46.1. The zero-order chi connectivity index (χ0) is 20.7. The lowest BCUT2D eigenvalue weighted by molar-refractivity contribution is -0.274. The van der Waals surface area contributed by atoms with E-state index < -0.39 is 18.1 Å². The van der Waals surface area contributed by atoms with Gasteiger partial charge in [0.05, 0.1) is 5.92 Å². The first-order valence-corrected chi connectivity index (χ1v) is 9.08. The van der Waals surface area contributed by atoms with E-state index in [1.807, 2.05) is 0 Å². The van der Waals surface area contributed by atoms with Crippen LogP contribution in [0.2, 0.25) is 0 Å². The minimum absolute atomic E-state index is 0.0594. The highest BCUT2D eigenvalue weighted by Crippen LogP contribution is 2.35. The standard InChI is InChI=1S/C19H23F3N2O4/c1-18(2,3)28-17(26)23-10-12-8-9-24(16(25)15(12)11-23)13-4-6-14(7-5-13)27-19(20,21)22/h4-7,12,15H,8-11H2,1-3H3/t12-,15+/m1/s1. The fourth-order valence-corrected chi connectivity index (χ4v) is 3.61. The van der Waals surface area contributed by atoms with E-state index in [4.69, 9.17) is 4.74 Å². The minimum atomic E-state index is -4.76. The molecule has 2 heterocycles. The summed E-state index contributed by atoms with van der Waals surface area (Å²) in [7, 11) is 0. The average molecular weight is 400 g/mol. The number of hydrogen-bond donors (Lipinski definition) is 0. The van der Waals surface area contributed by atoms with E-state index in [2.05, 4.69) is 4.74 Å². The van der Waals surface area contributed by atoms with Gasteiger partial charge in [-0.05, 0) is 57.4 Å². The van der Waals surface area contributed by atoms with Crippen molar-refractivity contribution in [2.45, 2.75) is 39.2 Å². The van der Waals surface area contributed by atoms with Crippen LogP contribution >= 0.6 is 0 Å². The van der Waals surface area contributed by atoms with Crippen molar-refractivity contribution in [2.75, 3.05) is 24.5 Å². The number of nitrogens with zero attached hydrogens (tertiary/aromatic N) is 2. The van der Waals surface area contributed by atoms with Crippen molar-refractivity contribution in [3.8, 4) is 5.75 Å². The van der Waals surface area contributed by atoms with E-state index in [1.54, 1.807) is 30.6 Å². The minimum Gasteiger partial charge on any atom is -0.444 e. The molecule has 2 aliphatic heterocycles. The number of amides is 2. The summed E-state index contributed by atoms with van der Waals surface area (Å²) in [5.74, 6) is -0.751. The molecule has 0 spiro atoms. The first-order valence-electron chi connectivity index (χ1n) is 9.08. The topological polar surface area (TPSA) is 59.1 Å². The summed E-state index contributed by atoms with van der Waals surface area (Å²) in [6.07, 6.45) is -4.49. The molecule has 2 atom stereocenters. The molecule has 0 N–H and O–H groups in total. The lowest BCUT2D eigenvalue weighted by Gasteiger charge is -2.33. The summed E-state index contributed by atoms with van der Waals surface area (Å²) in [6.45, 7) is 6.55. The van der Waals surface area contributed by atoms with Crippen molar-refractivity contribution in [1.29, 1.82) is 0 Å². The van der Waals surface area contributed by atoms with Crippen molar-refractivity contribution in [3.05, 3.63) is 24.3 Å². The molecule has 2 amide bonds. The number of carbonyl (C=O) groups excluding carboxylic acids is 2. The van der Waals surface area contributed by atoms with Crippen LogP contribution in [0.1, 0.15) is 27.2 Å². The van der Waals surface area contributed by atoms with Crippen LogP contribution in [-0.2, 0) is 9.53 Å². The number of rotatable bonds is 2. The van der Waals surface area contributed by atoms with Gasteiger partial charge in [-0.25, -0.2) is 4.79 Å². The summed E-state index contributed by atoms with van der Waals surface area (Å²) in [6, 6.07) is 5.23. The second-order valence-corrected chi connectivity index (χ2v) is 8.07. The van der Waals surface area contributed by atoms with Crippen molar-refractivity contribution >= 4 is 17.7 Å². The second-order valence-electron chi connectivity index (χ2n) is 8.07. The molecule has 9 heteroatoms. The molecule has 154 valence electrons. The Morgan fingerprint density at radius 1 is 1.11 bits per heavy atom. The maximum atomic E-state index is 12.9. The number of hydrogen-bond acceptors (Lipinski definition) is 4. The molecule has 0 unspecified atom stereocenters. The number of fused-ring (bicyclic) bond motifs is 1. The third-order valence-electron chi connectivity index (χ3n) is 4.78. The maximum Gasteiger partial charge on any atom is 0.573 e. The molecule has 3 rings (SSSR count). The fraction of sp³-hybridized carbons (Fsp3) is 0.579. The van der Waals surface area contributed by atoms with E-state index in [1.165, 1.54) is 24.3 Å². The smallest absolute Gasteiger partial charge is 0.444 e. The van der Waals surface area contributed by atoms with Crippen molar-refractivity contribution in [3.63, 3.8) is 0 Å². The zero-order valence-electron chi connectivity index (χ0n) is 16.0. The van der Waals surface area contributed by atoms with Gasteiger partial charge in [-0.2, -0.15) is 0 Å². The first-order chi connectivity index (χ1) is 12.9. The highest BCUT2D eigenvalue weighted by atomic mass is 19.4. The van der Waals surface area contributed by atoms with Gasteiger partial charge in [0.2, 0.25) is 5.91 Å². The second kappa shape index (κ2) is 7.18. The summed E-state index contributed by atoms with van der Waals surface area (Å²) in [5.41, 5.74) is -0.102. The summed E-state index contributed by atoms with van der Waals surface area (Å²) in [4.78, 5) is 28.3. The van der Waals surface area contributed by atoms with Crippen LogP contribution in [0.5, 0.6) is 5.75 Å². The number of likely N-dealkylation sites (tertiary alicyclic amines) is 1. The van der Waals surface area contributed by atoms with Crippen LogP contribution in [0.25, 0.3) is 0 Å². The summed E-state index contributed by atoms with van der Waals surface area (Å²) >= 11 is 0. The Morgan fingerprint density at radius 2 is 1.75 bits per heavy atom. The lowest BCUT2D eigenvalue weighted by Crippen LogP contribution is -2.45. The molecule has 28 heavy (non-hydrogen) atoms. The van der Waals surface area contributed by atoms with Gasteiger partial charge in [-0.1, -0.05) is 0 Å². The van der Waals surface area contributed by atoms with E-state index in [0.717, 1.165) is 0 Å². The van der Waals surface area contributed by atoms with Gasteiger partial charge in [0.1, 0.15) is 11.4 Å².